The van der Waals surface area contributed by atoms with Gasteiger partial charge in [-0.1, -0.05) is 25.5 Å². The van der Waals surface area contributed by atoms with Gasteiger partial charge in [-0.3, -0.25) is 9.78 Å². The summed E-state index contributed by atoms with van der Waals surface area (Å²) >= 11 is 0. The number of benzene rings is 1. The molecule has 6 heteroatoms. The Labute approximate surface area is 167 Å². The lowest BCUT2D eigenvalue weighted by Gasteiger charge is -2.37. The topological polar surface area (TPSA) is 48.9 Å². The molecule has 1 fully saturated rings. The fourth-order valence-electron chi connectivity index (χ4n) is 3.52. The molecule has 150 valence electrons. The Bertz CT molecular complexity index is 788. The maximum atomic E-state index is 12.6. The molecule has 0 N–H and O–H groups in total. The number of carbonyl (C=O) groups excluding carboxylic acids is 1. The highest BCUT2D eigenvalue weighted by Crippen LogP contribution is 2.29. The fourth-order valence-corrected chi connectivity index (χ4v) is 3.52. The van der Waals surface area contributed by atoms with E-state index in [1.807, 2.05) is 37.4 Å². The molecule has 1 aliphatic heterocycles. The SMILES string of the molecule is CCCCN(C)C(=O)c1cc(N2CCN(c3ccccc3OC)CC2)ccn1. The van der Waals surface area contributed by atoms with E-state index in [0.717, 1.165) is 62.7 Å². The predicted octanol–water partition coefficient (Wildman–Crippen LogP) is 3.29. The zero-order valence-corrected chi connectivity index (χ0v) is 17.1. The van der Waals surface area contributed by atoms with Gasteiger partial charge in [-0.2, -0.15) is 0 Å². The average Bonchev–Trinajstić information content (AvgIpc) is 2.77. The summed E-state index contributed by atoms with van der Waals surface area (Å²) in [7, 11) is 3.56. The third-order valence-electron chi connectivity index (χ3n) is 5.23. The normalized spacial score (nSPS) is 14.1. The Balaban J connectivity index is 1.65. The van der Waals surface area contributed by atoms with Crippen LogP contribution in [0.15, 0.2) is 42.6 Å². The van der Waals surface area contributed by atoms with Gasteiger partial charge in [-0.25, -0.2) is 0 Å². The molecule has 1 saturated heterocycles. The Morgan fingerprint density at radius 1 is 1.14 bits per heavy atom. The Morgan fingerprint density at radius 3 is 2.57 bits per heavy atom. The molecule has 2 heterocycles. The highest BCUT2D eigenvalue weighted by Gasteiger charge is 2.21. The zero-order chi connectivity index (χ0) is 19.9. The van der Waals surface area contributed by atoms with Crippen molar-refractivity contribution in [3.05, 3.63) is 48.3 Å². The number of rotatable bonds is 7. The predicted molar refractivity (Wildman–Crippen MR) is 114 cm³/mol. The van der Waals surface area contributed by atoms with Crippen molar-refractivity contribution in [3.63, 3.8) is 0 Å². The van der Waals surface area contributed by atoms with Crippen LogP contribution in [0.1, 0.15) is 30.3 Å². The van der Waals surface area contributed by atoms with Crippen molar-refractivity contribution >= 4 is 17.3 Å². The second-order valence-corrected chi connectivity index (χ2v) is 7.13. The minimum absolute atomic E-state index is 0.0112. The largest absolute Gasteiger partial charge is 0.495 e. The number of para-hydroxylation sites is 2. The van der Waals surface area contributed by atoms with Crippen LogP contribution >= 0.6 is 0 Å². The van der Waals surface area contributed by atoms with E-state index in [0.29, 0.717) is 5.69 Å². The van der Waals surface area contributed by atoms with Crippen LogP contribution in [0.4, 0.5) is 11.4 Å². The standard InChI is InChI=1S/C22H30N4O2/c1-4-5-12-24(2)22(27)19-17-18(10-11-23-19)25-13-15-26(16-14-25)20-8-6-7-9-21(20)28-3/h6-11,17H,4-5,12-16H2,1-3H3. The van der Waals surface area contributed by atoms with E-state index in [2.05, 4.69) is 27.8 Å². The lowest BCUT2D eigenvalue weighted by atomic mass is 10.2. The van der Waals surface area contributed by atoms with Crippen molar-refractivity contribution in [2.75, 3.05) is 56.7 Å². The van der Waals surface area contributed by atoms with Gasteiger partial charge in [-0.05, 0) is 30.7 Å². The first-order valence-corrected chi connectivity index (χ1v) is 9.98. The van der Waals surface area contributed by atoms with E-state index >= 15 is 0 Å². The van der Waals surface area contributed by atoms with E-state index < -0.39 is 0 Å². The molecule has 1 amide bonds. The van der Waals surface area contributed by atoms with Crippen molar-refractivity contribution in [2.24, 2.45) is 0 Å². The highest BCUT2D eigenvalue weighted by molar-refractivity contribution is 5.93. The zero-order valence-electron chi connectivity index (χ0n) is 17.1. The van der Waals surface area contributed by atoms with E-state index in [4.69, 9.17) is 4.74 Å². The van der Waals surface area contributed by atoms with Crippen LogP contribution in [-0.4, -0.2) is 62.7 Å². The minimum atomic E-state index is -0.0112. The molecule has 6 nitrogen and oxygen atoms in total. The summed E-state index contributed by atoms with van der Waals surface area (Å²) < 4.78 is 5.50. The Hall–Kier alpha value is -2.76. The van der Waals surface area contributed by atoms with Crippen molar-refractivity contribution in [2.45, 2.75) is 19.8 Å². The molecule has 1 aromatic carbocycles. The third-order valence-corrected chi connectivity index (χ3v) is 5.23. The first-order chi connectivity index (χ1) is 13.6. The number of pyridine rings is 1. The molecule has 3 rings (SSSR count). The van der Waals surface area contributed by atoms with Crippen LogP contribution in [0.5, 0.6) is 5.75 Å². The summed E-state index contributed by atoms with van der Waals surface area (Å²) in [5, 5.41) is 0. The number of nitrogens with zero attached hydrogens (tertiary/aromatic N) is 4. The van der Waals surface area contributed by atoms with E-state index in [-0.39, 0.29) is 5.91 Å². The lowest BCUT2D eigenvalue weighted by molar-refractivity contribution is 0.0787. The summed E-state index contributed by atoms with van der Waals surface area (Å²) in [5.41, 5.74) is 2.71. The number of piperazine rings is 1. The molecule has 28 heavy (non-hydrogen) atoms. The maximum absolute atomic E-state index is 12.6. The van der Waals surface area contributed by atoms with Gasteiger partial charge in [0.2, 0.25) is 0 Å². The molecule has 0 aliphatic carbocycles. The van der Waals surface area contributed by atoms with Crippen LogP contribution in [-0.2, 0) is 0 Å². The van der Waals surface area contributed by atoms with Gasteiger partial charge in [0.05, 0.1) is 12.8 Å². The second kappa shape index (κ2) is 9.44. The number of methoxy groups -OCH3 is 1. The summed E-state index contributed by atoms with van der Waals surface area (Å²) in [4.78, 5) is 23.3. The smallest absolute Gasteiger partial charge is 0.272 e. The molecule has 0 atom stereocenters. The summed E-state index contributed by atoms with van der Waals surface area (Å²) in [6.07, 6.45) is 3.82. The number of aromatic nitrogens is 1. The van der Waals surface area contributed by atoms with Gasteiger partial charge in [0.1, 0.15) is 11.4 Å². The van der Waals surface area contributed by atoms with Gasteiger partial charge in [0, 0.05) is 51.7 Å². The molecule has 0 spiro atoms. The highest BCUT2D eigenvalue weighted by atomic mass is 16.5. The molecule has 0 unspecified atom stereocenters. The van der Waals surface area contributed by atoms with Crippen LogP contribution in [0.2, 0.25) is 0 Å². The van der Waals surface area contributed by atoms with Gasteiger partial charge >= 0.3 is 0 Å². The maximum Gasteiger partial charge on any atom is 0.272 e. The minimum Gasteiger partial charge on any atom is -0.495 e. The summed E-state index contributed by atoms with van der Waals surface area (Å²) in [6.45, 7) is 6.48. The quantitative estimate of drug-likeness (QED) is 0.735. The molecule has 0 saturated carbocycles. The third kappa shape index (κ3) is 4.55. The van der Waals surface area contributed by atoms with Gasteiger partial charge in [-0.15, -0.1) is 0 Å². The average molecular weight is 383 g/mol. The van der Waals surface area contributed by atoms with Crippen LogP contribution in [0, 0.1) is 0 Å². The molecule has 1 aliphatic rings. The van der Waals surface area contributed by atoms with Crippen molar-refractivity contribution in [3.8, 4) is 5.75 Å². The number of ether oxygens (including phenoxy) is 1. The van der Waals surface area contributed by atoms with Gasteiger partial charge < -0.3 is 19.4 Å². The van der Waals surface area contributed by atoms with E-state index in [1.54, 1.807) is 18.2 Å². The molecular weight excluding hydrogens is 352 g/mol. The number of unbranched alkanes of at least 4 members (excludes halogenated alkanes) is 1. The number of amides is 1. The monoisotopic (exact) mass is 382 g/mol. The molecule has 2 aromatic rings. The summed E-state index contributed by atoms with van der Waals surface area (Å²) in [6, 6.07) is 12.0. The van der Waals surface area contributed by atoms with Crippen LogP contribution in [0.3, 0.4) is 0 Å². The fraction of sp³-hybridized carbons (Fsp3) is 0.455. The van der Waals surface area contributed by atoms with Crippen molar-refractivity contribution < 1.29 is 9.53 Å². The molecular formula is C22H30N4O2. The molecule has 0 bridgehead atoms. The van der Waals surface area contributed by atoms with Crippen LogP contribution in [0.25, 0.3) is 0 Å². The number of anilines is 2. The van der Waals surface area contributed by atoms with Crippen LogP contribution < -0.4 is 14.5 Å². The van der Waals surface area contributed by atoms with Gasteiger partial charge in [0.15, 0.2) is 0 Å². The first kappa shape index (κ1) is 20.0. The van der Waals surface area contributed by atoms with Crippen molar-refractivity contribution in [1.29, 1.82) is 0 Å². The number of carbonyl (C=O) groups is 1. The van der Waals surface area contributed by atoms with E-state index in [9.17, 15) is 4.79 Å². The van der Waals surface area contributed by atoms with Crippen molar-refractivity contribution in [1.82, 2.24) is 9.88 Å². The summed E-state index contributed by atoms with van der Waals surface area (Å²) in [5.74, 6) is 0.894. The second-order valence-electron chi connectivity index (χ2n) is 7.13. The Kier molecular flexibility index (Phi) is 6.74. The van der Waals surface area contributed by atoms with E-state index in [1.165, 1.54) is 0 Å². The number of hydrogen-bond acceptors (Lipinski definition) is 5. The Morgan fingerprint density at radius 2 is 1.86 bits per heavy atom. The lowest BCUT2D eigenvalue weighted by Crippen LogP contribution is -2.46. The first-order valence-electron chi connectivity index (χ1n) is 9.98. The molecule has 0 radical (unpaired) electrons. The molecule has 1 aromatic heterocycles. The van der Waals surface area contributed by atoms with Gasteiger partial charge in [0.25, 0.3) is 5.91 Å². The number of hydrogen-bond donors (Lipinski definition) is 0.